The fraction of sp³-hybridized carbons (Fsp3) is 0.942. The Morgan fingerprint density at radius 3 is 0.983 bits per heavy atom. The van der Waals surface area contributed by atoms with E-state index in [1.807, 2.05) is 0 Å². The average molecular weight is 821 g/mol. The summed E-state index contributed by atoms with van der Waals surface area (Å²) in [6, 6.07) is 0. The molecule has 0 amide bonds. The molecule has 1 unspecified atom stereocenters. The third-order valence-corrected chi connectivity index (χ3v) is 12.1. The summed E-state index contributed by atoms with van der Waals surface area (Å²) >= 11 is 0. The quantitative estimate of drug-likeness (QED) is 0.0346. The van der Waals surface area contributed by atoms with Gasteiger partial charge in [0.1, 0.15) is 13.2 Å². The van der Waals surface area contributed by atoms with Gasteiger partial charge in [0.25, 0.3) is 0 Å². The standard InChI is InChI=1S/C52H100O6/c1-6-8-9-10-11-12-13-14-15-16-17-18-19-23-26-32-37-42-50(53)56-45-49(46-57-51(54)43-38-33-29-28-30-35-40-47(3)4)58-52(55)44-39-34-27-24-21-20-22-25-31-36-41-48(5)7-2/h47-49H,6-46H2,1-5H3/t48?,49-/m1/s1. The molecule has 0 heterocycles. The molecule has 6 nitrogen and oxygen atoms in total. The molecule has 6 heteroatoms. The van der Waals surface area contributed by atoms with E-state index in [9.17, 15) is 14.4 Å². The molecule has 344 valence electrons. The lowest BCUT2D eigenvalue weighted by Crippen LogP contribution is -2.30. The van der Waals surface area contributed by atoms with Crippen LogP contribution in [0.2, 0.25) is 0 Å². The van der Waals surface area contributed by atoms with Crippen molar-refractivity contribution in [1.82, 2.24) is 0 Å². The molecule has 0 fully saturated rings. The van der Waals surface area contributed by atoms with E-state index in [0.717, 1.165) is 69.6 Å². The Bertz CT molecular complexity index is 887. The minimum absolute atomic E-state index is 0.0647. The first-order valence-electron chi connectivity index (χ1n) is 25.8. The van der Waals surface area contributed by atoms with Crippen molar-refractivity contribution in [3.63, 3.8) is 0 Å². The highest BCUT2D eigenvalue weighted by Crippen LogP contribution is 2.18. The Labute approximate surface area is 361 Å². The van der Waals surface area contributed by atoms with E-state index in [1.54, 1.807) is 0 Å². The van der Waals surface area contributed by atoms with E-state index in [4.69, 9.17) is 14.2 Å². The molecule has 0 rings (SSSR count). The lowest BCUT2D eigenvalue weighted by atomic mass is 9.99. The Kier molecular flexibility index (Phi) is 43.7. The summed E-state index contributed by atoms with van der Waals surface area (Å²) in [5, 5.41) is 0. The highest BCUT2D eigenvalue weighted by atomic mass is 16.6. The zero-order valence-electron chi connectivity index (χ0n) is 39.7. The molecule has 0 aromatic heterocycles. The van der Waals surface area contributed by atoms with Crippen molar-refractivity contribution in [2.45, 2.75) is 291 Å². The van der Waals surface area contributed by atoms with Crippen LogP contribution in [0, 0.1) is 11.8 Å². The summed E-state index contributed by atoms with van der Waals surface area (Å²) in [4.78, 5) is 37.9. The van der Waals surface area contributed by atoms with Crippen LogP contribution in [-0.4, -0.2) is 37.2 Å². The molecule has 0 N–H and O–H groups in total. The normalized spacial score (nSPS) is 12.5. The lowest BCUT2D eigenvalue weighted by molar-refractivity contribution is -0.167. The van der Waals surface area contributed by atoms with E-state index in [0.29, 0.717) is 19.3 Å². The SMILES string of the molecule is CCCCCCCCCCCCCCCCCCCC(=O)OC[C@H](COC(=O)CCCCCCCCC(C)C)OC(=O)CCCCCCCCCCCCC(C)CC. The van der Waals surface area contributed by atoms with Crippen LogP contribution in [0.15, 0.2) is 0 Å². The van der Waals surface area contributed by atoms with Gasteiger partial charge < -0.3 is 14.2 Å². The molecule has 58 heavy (non-hydrogen) atoms. The van der Waals surface area contributed by atoms with Crippen molar-refractivity contribution < 1.29 is 28.6 Å². The predicted molar refractivity (Wildman–Crippen MR) is 247 cm³/mol. The first-order chi connectivity index (χ1) is 28.3. The van der Waals surface area contributed by atoms with Crippen molar-refractivity contribution in [1.29, 1.82) is 0 Å². The fourth-order valence-corrected chi connectivity index (χ4v) is 7.78. The van der Waals surface area contributed by atoms with Crippen LogP contribution in [0.3, 0.4) is 0 Å². The first kappa shape index (κ1) is 56.4. The fourth-order valence-electron chi connectivity index (χ4n) is 7.78. The zero-order chi connectivity index (χ0) is 42.6. The van der Waals surface area contributed by atoms with Crippen molar-refractivity contribution in [2.75, 3.05) is 13.2 Å². The van der Waals surface area contributed by atoms with Gasteiger partial charge in [0.05, 0.1) is 0 Å². The summed E-state index contributed by atoms with van der Waals surface area (Å²) in [7, 11) is 0. The zero-order valence-corrected chi connectivity index (χ0v) is 39.7. The van der Waals surface area contributed by atoms with E-state index in [1.165, 1.54) is 173 Å². The van der Waals surface area contributed by atoms with Gasteiger partial charge in [0.15, 0.2) is 6.10 Å². The molecule has 2 atom stereocenters. The molecular weight excluding hydrogens is 721 g/mol. The first-order valence-corrected chi connectivity index (χ1v) is 25.8. The molecule has 0 bridgehead atoms. The molecule has 0 saturated heterocycles. The summed E-state index contributed by atoms with van der Waals surface area (Å²) in [6.07, 6.45) is 45.3. The third-order valence-electron chi connectivity index (χ3n) is 12.1. The van der Waals surface area contributed by atoms with Gasteiger partial charge in [-0.05, 0) is 31.1 Å². The topological polar surface area (TPSA) is 78.9 Å². The predicted octanol–water partition coefficient (Wildman–Crippen LogP) is 16.5. The van der Waals surface area contributed by atoms with Gasteiger partial charge in [-0.25, -0.2) is 0 Å². The highest BCUT2D eigenvalue weighted by molar-refractivity contribution is 5.71. The Hall–Kier alpha value is -1.59. The Balaban J connectivity index is 4.26. The van der Waals surface area contributed by atoms with Gasteiger partial charge in [-0.1, -0.05) is 247 Å². The van der Waals surface area contributed by atoms with Crippen LogP contribution in [0.5, 0.6) is 0 Å². The van der Waals surface area contributed by atoms with Gasteiger partial charge in [-0.2, -0.15) is 0 Å². The van der Waals surface area contributed by atoms with Gasteiger partial charge in [0.2, 0.25) is 0 Å². The van der Waals surface area contributed by atoms with E-state index < -0.39 is 6.10 Å². The smallest absolute Gasteiger partial charge is 0.306 e. The van der Waals surface area contributed by atoms with Crippen molar-refractivity contribution in [2.24, 2.45) is 11.8 Å². The van der Waals surface area contributed by atoms with Crippen LogP contribution in [0.4, 0.5) is 0 Å². The molecule has 0 aliphatic carbocycles. The van der Waals surface area contributed by atoms with Gasteiger partial charge >= 0.3 is 17.9 Å². The van der Waals surface area contributed by atoms with Gasteiger partial charge in [-0.3, -0.25) is 14.4 Å². The minimum Gasteiger partial charge on any atom is -0.462 e. The second-order valence-corrected chi connectivity index (χ2v) is 18.5. The van der Waals surface area contributed by atoms with Crippen LogP contribution < -0.4 is 0 Å². The summed E-state index contributed by atoms with van der Waals surface area (Å²) in [5.74, 6) is 0.776. The third kappa shape index (κ3) is 44.0. The number of hydrogen-bond acceptors (Lipinski definition) is 6. The second kappa shape index (κ2) is 44.9. The number of unbranched alkanes of at least 4 members (excludes halogenated alkanes) is 30. The number of hydrogen-bond donors (Lipinski definition) is 0. The number of rotatable bonds is 46. The van der Waals surface area contributed by atoms with Crippen LogP contribution in [0.25, 0.3) is 0 Å². The molecular formula is C52H100O6. The highest BCUT2D eigenvalue weighted by Gasteiger charge is 2.19. The van der Waals surface area contributed by atoms with Crippen LogP contribution in [0.1, 0.15) is 285 Å². The molecule has 0 aliphatic rings. The summed E-state index contributed by atoms with van der Waals surface area (Å²) in [5.41, 5.74) is 0. The molecule has 0 spiro atoms. The van der Waals surface area contributed by atoms with Crippen molar-refractivity contribution >= 4 is 17.9 Å². The van der Waals surface area contributed by atoms with Crippen LogP contribution in [-0.2, 0) is 28.6 Å². The van der Waals surface area contributed by atoms with Gasteiger partial charge in [0, 0.05) is 19.3 Å². The van der Waals surface area contributed by atoms with E-state index in [2.05, 4.69) is 34.6 Å². The monoisotopic (exact) mass is 821 g/mol. The largest absolute Gasteiger partial charge is 0.462 e. The molecule has 0 aliphatic heterocycles. The maximum Gasteiger partial charge on any atom is 0.306 e. The Morgan fingerprint density at radius 1 is 0.362 bits per heavy atom. The second-order valence-electron chi connectivity index (χ2n) is 18.5. The number of carbonyl (C=O) groups is 3. The number of carbonyl (C=O) groups excluding carboxylic acids is 3. The van der Waals surface area contributed by atoms with Gasteiger partial charge in [-0.15, -0.1) is 0 Å². The molecule has 0 aromatic rings. The van der Waals surface area contributed by atoms with Crippen molar-refractivity contribution in [3.8, 4) is 0 Å². The molecule has 0 radical (unpaired) electrons. The maximum absolute atomic E-state index is 12.8. The molecule has 0 aromatic carbocycles. The number of esters is 3. The summed E-state index contributed by atoms with van der Waals surface area (Å²) in [6.45, 7) is 11.3. The number of ether oxygens (including phenoxy) is 3. The van der Waals surface area contributed by atoms with E-state index in [-0.39, 0.29) is 31.1 Å². The lowest BCUT2D eigenvalue weighted by Gasteiger charge is -2.18. The van der Waals surface area contributed by atoms with Crippen molar-refractivity contribution in [3.05, 3.63) is 0 Å². The average Bonchev–Trinajstić information content (AvgIpc) is 3.21. The van der Waals surface area contributed by atoms with E-state index >= 15 is 0 Å². The minimum atomic E-state index is -0.762. The maximum atomic E-state index is 12.8. The Morgan fingerprint density at radius 2 is 0.655 bits per heavy atom. The van der Waals surface area contributed by atoms with Crippen LogP contribution >= 0.6 is 0 Å². The molecule has 0 saturated carbocycles. The summed E-state index contributed by atoms with van der Waals surface area (Å²) < 4.78 is 16.8.